The Balaban J connectivity index is 1.42. The molecule has 1 aliphatic heterocycles. The van der Waals surface area contributed by atoms with Gasteiger partial charge in [-0.2, -0.15) is 0 Å². The van der Waals surface area contributed by atoms with E-state index in [-0.39, 0.29) is 11.2 Å². The minimum Gasteiger partial charge on any atom is -0.396 e. The fraction of sp³-hybridized carbons (Fsp3) is 0.913. The summed E-state index contributed by atoms with van der Waals surface area (Å²) in [4.78, 5) is 0. The van der Waals surface area contributed by atoms with Gasteiger partial charge >= 0.3 is 0 Å². The summed E-state index contributed by atoms with van der Waals surface area (Å²) in [5.74, 6) is 1.89. The molecule has 0 amide bonds. The zero-order valence-corrected chi connectivity index (χ0v) is 17.5. The molecule has 5 rings (SSSR count). The van der Waals surface area contributed by atoms with Crippen molar-refractivity contribution >= 4 is 0 Å². The van der Waals surface area contributed by atoms with Gasteiger partial charge in [0.25, 0.3) is 0 Å². The summed E-state index contributed by atoms with van der Waals surface area (Å²) in [7, 11) is 1.70. The van der Waals surface area contributed by atoms with Gasteiger partial charge in [-0.15, -0.1) is 0 Å². The summed E-state index contributed by atoms with van der Waals surface area (Å²) in [5, 5.41) is 10.4. The van der Waals surface area contributed by atoms with E-state index >= 15 is 0 Å². The van der Waals surface area contributed by atoms with E-state index in [0.717, 1.165) is 45.3 Å². The molecule has 0 aromatic heterocycles. The summed E-state index contributed by atoms with van der Waals surface area (Å²) >= 11 is 0. The smallest absolute Gasteiger partial charge is 0.172 e. The monoisotopic (exact) mass is 392 g/mol. The highest BCUT2D eigenvalue weighted by Gasteiger charge is 2.58. The number of rotatable bonds is 4. The van der Waals surface area contributed by atoms with Crippen molar-refractivity contribution in [2.24, 2.45) is 29.1 Å². The topological polar surface area (TPSA) is 57.2 Å². The molecule has 1 heterocycles. The van der Waals surface area contributed by atoms with Crippen molar-refractivity contribution in [1.82, 2.24) is 0 Å². The van der Waals surface area contributed by atoms with Gasteiger partial charge in [0.1, 0.15) is 6.79 Å². The molecule has 1 saturated heterocycles. The summed E-state index contributed by atoms with van der Waals surface area (Å²) in [6.45, 7) is 4.57. The van der Waals surface area contributed by atoms with Crippen LogP contribution >= 0.6 is 0 Å². The molecule has 0 unspecified atom stereocenters. The third-order valence-electron chi connectivity index (χ3n) is 8.89. The second-order valence-electron chi connectivity index (χ2n) is 10.0. The second kappa shape index (κ2) is 7.35. The molecular formula is C23H36O5. The largest absolute Gasteiger partial charge is 0.396 e. The van der Waals surface area contributed by atoms with Crippen LogP contribution in [0.25, 0.3) is 0 Å². The van der Waals surface area contributed by atoms with Crippen molar-refractivity contribution in [3.63, 3.8) is 0 Å². The third kappa shape index (κ3) is 2.92. The lowest BCUT2D eigenvalue weighted by atomic mass is 9.51. The predicted molar refractivity (Wildman–Crippen MR) is 104 cm³/mol. The first-order chi connectivity index (χ1) is 13.6. The van der Waals surface area contributed by atoms with Crippen molar-refractivity contribution in [2.75, 3.05) is 33.7 Å². The normalized spacial score (nSPS) is 44.5. The van der Waals surface area contributed by atoms with E-state index < -0.39 is 0 Å². The molecule has 2 saturated carbocycles. The molecular weight excluding hydrogens is 356 g/mol. The molecule has 0 radical (unpaired) electrons. The molecule has 0 aromatic rings. The van der Waals surface area contributed by atoms with E-state index in [1.807, 2.05) is 0 Å². The van der Waals surface area contributed by atoms with E-state index in [0.29, 0.717) is 43.2 Å². The Morgan fingerprint density at radius 1 is 1.14 bits per heavy atom. The van der Waals surface area contributed by atoms with Crippen LogP contribution in [0.5, 0.6) is 0 Å². The first-order valence-corrected chi connectivity index (χ1v) is 11.3. The number of aliphatic hydroxyl groups excluding tert-OH is 1. The van der Waals surface area contributed by atoms with E-state index in [4.69, 9.17) is 18.9 Å². The van der Waals surface area contributed by atoms with Gasteiger partial charge in [0.15, 0.2) is 5.79 Å². The Labute approximate surface area is 168 Å². The molecule has 3 fully saturated rings. The number of aliphatic hydroxyl groups is 1. The molecule has 6 atom stereocenters. The first kappa shape index (κ1) is 19.5. The lowest BCUT2D eigenvalue weighted by Gasteiger charge is -2.55. The maximum absolute atomic E-state index is 10.4. The van der Waals surface area contributed by atoms with Crippen LogP contribution in [0.1, 0.15) is 58.3 Å². The van der Waals surface area contributed by atoms with Crippen LogP contribution in [0, 0.1) is 29.1 Å². The fourth-order valence-electron chi connectivity index (χ4n) is 7.70. The minimum absolute atomic E-state index is 0.221. The molecule has 0 bridgehead atoms. The van der Waals surface area contributed by atoms with Gasteiger partial charge in [-0.25, -0.2) is 0 Å². The van der Waals surface area contributed by atoms with E-state index in [2.05, 4.69) is 6.92 Å². The molecule has 1 spiro atoms. The average Bonchev–Trinajstić information content (AvgIpc) is 3.29. The molecule has 5 aliphatic rings. The predicted octanol–water partition coefficient (Wildman–Crippen LogP) is 3.65. The third-order valence-corrected chi connectivity index (χ3v) is 8.89. The minimum atomic E-state index is -0.360. The van der Waals surface area contributed by atoms with E-state index in [1.165, 1.54) is 19.3 Å². The Bertz CT molecular complexity index is 624. The van der Waals surface area contributed by atoms with Crippen molar-refractivity contribution < 1.29 is 24.1 Å². The lowest BCUT2D eigenvalue weighted by molar-refractivity contribution is -0.168. The number of allylic oxidation sites excluding steroid dienone is 1. The van der Waals surface area contributed by atoms with Gasteiger partial charge in [-0.3, -0.25) is 0 Å². The molecule has 5 heteroatoms. The highest BCUT2D eigenvalue weighted by atomic mass is 16.7. The fourth-order valence-corrected chi connectivity index (χ4v) is 7.70. The van der Waals surface area contributed by atoms with Crippen LogP contribution in [0.2, 0.25) is 0 Å². The van der Waals surface area contributed by atoms with Crippen LogP contribution in [0.15, 0.2) is 11.1 Å². The molecule has 158 valence electrons. The van der Waals surface area contributed by atoms with Gasteiger partial charge in [0.2, 0.25) is 0 Å². The van der Waals surface area contributed by atoms with Crippen LogP contribution in [-0.2, 0) is 18.9 Å². The SMILES string of the molecule is COCO[C@H]1CC[C@H]2[C@@H]3[C@H](CO)CC4=C(CCC5(C4)OCCO5)[C@H]3CC[C@]12C. The van der Waals surface area contributed by atoms with Gasteiger partial charge in [0.05, 0.1) is 19.3 Å². The lowest BCUT2D eigenvalue weighted by Crippen LogP contribution is -2.50. The molecule has 5 nitrogen and oxygen atoms in total. The summed E-state index contributed by atoms with van der Waals surface area (Å²) < 4.78 is 23.4. The average molecular weight is 393 g/mol. The summed E-state index contributed by atoms with van der Waals surface area (Å²) in [6.07, 6.45) is 9.16. The highest BCUT2D eigenvalue weighted by molar-refractivity contribution is 5.29. The maximum Gasteiger partial charge on any atom is 0.172 e. The van der Waals surface area contributed by atoms with Crippen LogP contribution < -0.4 is 0 Å². The molecule has 4 aliphatic carbocycles. The summed E-state index contributed by atoms with van der Waals surface area (Å²) in [5.41, 5.74) is 3.46. The van der Waals surface area contributed by atoms with E-state index in [1.54, 1.807) is 18.3 Å². The number of hydrogen-bond donors (Lipinski definition) is 1. The Hall–Kier alpha value is -0.460. The number of hydrogen-bond acceptors (Lipinski definition) is 5. The molecule has 0 aromatic carbocycles. The number of fused-ring (bicyclic) bond motifs is 4. The van der Waals surface area contributed by atoms with Crippen molar-refractivity contribution in [2.45, 2.75) is 70.2 Å². The summed E-state index contributed by atoms with van der Waals surface area (Å²) in [6, 6.07) is 0. The van der Waals surface area contributed by atoms with Crippen molar-refractivity contribution in [3.05, 3.63) is 11.1 Å². The zero-order chi connectivity index (χ0) is 19.4. The van der Waals surface area contributed by atoms with Gasteiger partial charge < -0.3 is 24.1 Å². The Morgan fingerprint density at radius 2 is 1.96 bits per heavy atom. The van der Waals surface area contributed by atoms with Crippen molar-refractivity contribution in [1.29, 1.82) is 0 Å². The standard InChI is InChI=1S/C23H36O5/c1-22-7-5-18-17-6-8-23(27-9-10-28-23)12-15(17)11-16(13-24)21(18)19(22)3-4-20(22)26-14-25-2/h16,18-21,24H,3-14H2,1-2H3/t16-,18+,19-,20-,21+,22-/m0/s1. The van der Waals surface area contributed by atoms with Gasteiger partial charge in [-0.05, 0) is 67.6 Å². The van der Waals surface area contributed by atoms with Gasteiger partial charge in [0, 0.05) is 26.6 Å². The highest BCUT2D eigenvalue weighted by Crippen LogP contribution is 2.63. The van der Waals surface area contributed by atoms with Crippen LogP contribution in [0.3, 0.4) is 0 Å². The van der Waals surface area contributed by atoms with Gasteiger partial charge in [-0.1, -0.05) is 18.1 Å². The second-order valence-corrected chi connectivity index (χ2v) is 10.0. The quantitative estimate of drug-likeness (QED) is 0.585. The molecule has 28 heavy (non-hydrogen) atoms. The van der Waals surface area contributed by atoms with Crippen LogP contribution in [0.4, 0.5) is 0 Å². The van der Waals surface area contributed by atoms with Crippen LogP contribution in [-0.4, -0.2) is 50.7 Å². The zero-order valence-electron chi connectivity index (χ0n) is 17.5. The number of ether oxygens (including phenoxy) is 4. The number of methoxy groups -OCH3 is 1. The Kier molecular flexibility index (Phi) is 5.12. The van der Waals surface area contributed by atoms with E-state index in [9.17, 15) is 5.11 Å². The maximum atomic E-state index is 10.4. The molecule has 1 N–H and O–H groups in total. The van der Waals surface area contributed by atoms with Crippen molar-refractivity contribution in [3.8, 4) is 0 Å². The first-order valence-electron chi connectivity index (χ1n) is 11.3. The Morgan fingerprint density at radius 3 is 2.71 bits per heavy atom.